The monoisotopic (exact) mass is 329 g/mol. The lowest BCUT2D eigenvalue weighted by Gasteiger charge is -2.36. The number of rotatable bonds is 2. The van der Waals surface area contributed by atoms with Crippen LogP contribution in [0.1, 0.15) is 39.2 Å². The number of piperidine rings is 1. The van der Waals surface area contributed by atoms with E-state index in [1.165, 1.54) is 6.07 Å². The van der Waals surface area contributed by atoms with Crippen LogP contribution in [-0.2, 0) is 11.0 Å². The van der Waals surface area contributed by atoms with Crippen LogP contribution in [0.25, 0.3) is 0 Å². The molecule has 1 aliphatic rings. The minimum atomic E-state index is -4.37. The quantitative estimate of drug-likeness (QED) is 0.902. The molecule has 1 saturated heterocycles. The van der Waals surface area contributed by atoms with Crippen molar-refractivity contribution in [3.8, 4) is 0 Å². The minimum absolute atomic E-state index is 0.114. The Balaban J connectivity index is 1.88. The predicted octanol–water partition coefficient (Wildman–Crippen LogP) is 3.55. The van der Waals surface area contributed by atoms with E-state index < -0.39 is 17.2 Å². The molecule has 1 fully saturated rings. The number of likely N-dealkylation sites (tertiary alicyclic amines) is 1. The molecular formula is C16H22F3N3O. The maximum atomic E-state index is 12.5. The van der Waals surface area contributed by atoms with Crippen molar-refractivity contribution in [1.82, 2.24) is 9.88 Å². The van der Waals surface area contributed by atoms with Gasteiger partial charge in [-0.15, -0.1) is 0 Å². The van der Waals surface area contributed by atoms with E-state index in [-0.39, 0.29) is 11.9 Å². The van der Waals surface area contributed by atoms with Gasteiger partial charge in [-0.1, -0.05) is 20.8 Å². The van der Waals surface area contributed by atoms with Gasteiger partial charge in [0.2, 0.25) is 5.91 Å². The highest BCUT2D eigenvalue weighted by atomic mass is 19.4. The second kappa shape index (κ2) is 6.37. The van der Waals surface area contributed by atoms with Crippen molar-refractivity contribution < 1.29 is 18.0 Å². The molecule has 0 spiro atoms. The predicted molar refractivity (Wildman–Crippen MR) is 81.9 cm³/mol. The zero-order chi connectivity index (χ0) is 17.3. The molecule has 1 aromatic rings. The summed E-state index contributed by atoms with van der Waals surface area (Å²) in [6.45, 7) is 6.98. The molecule has 0 radical (unpaired) electrons. The van der Waals surface area contributed by atoms with Gasteiger partial charge in [-0.05, 0) is 25.0 Å². The molecule has 4 nitrogen and oxygen atoms in total. The Kier molecular flexibility index (Phi) is 4.87. The molecule has 1 N–H and O–H groups in total. The van der Waals surface area contributed by atoms with Crippen molar-refractivity contribution >= 4 is 11.7 Å². The van der Waals surface area contributed by atoms with Crippen LogP contribution >= 0.6 is 0 Å². The molecule has 0 atom stereocenters. The number of halogens is 3. The molecule has 0 saturated carbocycles. The number of nitrogens with one attached hydrogen (secondary N) is 1. The van der Waals surface area contributed by atoms with Crippen LogP contribution in [-0.4, -0.2) is 34.9 Å². The number of aromatic nitrogens is 1. The number of amides is 1. The van der Waals surface area contributed by atoms with Crippen LogP contribution in [0.15, 0.2) is 18.3 Å². The van der Waals surface area contributed by atoms with Gasteiger partial charge < -0.3 is 10.2 Å². The van der Waals surface area contributed by atoms with Crippen molar-refractivity contribution in [2.75, 3.05) is 18.4 Å². The molecule has 0 aromatic carbocycles. The Bertz CT molecular complexity index is 541. The highest BCUT2D eigenvalue weighted by molar-refractivity contribution is 5.81. The summed E-state index contributed by atoms with van der Waals surface area (Å²) in [5.41, 5.74) is -1.15. The molecule has 7 heteroatoms. The van der Waals surface area contributed by atoms with E-state index in [9.17, 15) is 18.0 Å². The average Bonchev–Trinajstić information content (AvgIpc) is 2.46. The standard InChI is InChI=1S/C16H22F3N3O/c1-15(2,3)14(23)22-8-6-12(7-9-22)21-13-5-4-11(10-20-13)16(17,18)19/h4-5,10,12H,6-9H2,1-3H3,(H,20,21). The number of hydrogen-bond acceptors (Lipinski definition) is 3. The Morgan fingerprint density at radius 3 is 2.26 bits per heavy atom. The van der Waals surface area contributed by atoms with Crippen molar-refractivity contribution in [2.24, 2.45) is 5.41 Å². The van der Waals surface area contributed by atoms with E-state index in [4.69, 9.17) is 0 Å². The van der Waals surface area contributed by atoms with E-state index in [2.05, 4.69) is 10.3 Å². The molecule has 23 heavy (non-hydrogen) atoms. The first-order valence-corrected chi connectivity index (χ1v) is 7.66. The van der Waals surface area contributed by atoms with E-state index in [1.807, 2.05) is 25.7 Å². The summed E-state index contributed by atoms with van der Waals surface area (Å²) >= 11 is 0. The number of anilines is 1. The van der Waals surface area contributed by atoms with Crippen molar-refractivity contribution in [3.63, 3.8) is 0 Å². The third-order valence-electron chi connectivity index (χ3n) is 3.87. The molecular weight excluding hydrogens is 307 g/mol. The van der Waals surface area contributed by atoms with Crippen LogP contribution in [0, 0.1) is 5.41 Å². The molecule has 2 heterocycles. The van der Waals surface area contributed by atoms with Crippen molar-refractivity contribution in [3.05, 3.63) is 23.9 Å². The van der Waals surface area contributed by atoms with Gasteiger partial charge in [0.15, 0.2) is 0 Å². The van der Waals surface area contributed by atoms with E-state index >= 15 is 0 Å². The summed E-state index contributed by atoms with van der Waals surface area (Å²) in [4.78, 5) is 17.9. The third-order valence-corrected chi connectivity index (χ3v) is 3.87. The van der Waals surface area contributed by atoms with E-state index in [1.54, 1.807) is 0 Å². The molecule has 0 bridgehead atoms. The molecule has 1 aliphatic heterocycles. The van der Waals surface area contributed by atoms with Crippen LogP contribution in [0.5, 0.6) is 0 Å². The van der Waals surface area contributed by atoms with Gasteiger partial charge in [0, 0.05) is 30.7 Å². The summed E-state index contributed by atoms with van der Waals surface area (Å²) in [6.07, 6.45) is -2.03. The summed E-state index contributed by atoms with van der Waals surface area (Å²) in [6, 6.07) is 2.48. The smallest absolute Gasteiger partial charge is 0.367 e. The Labute approximate surface area is 134 Å². The fourth-order valence-corrected chi connectivity index (χ4v) is 2.56. The fourth-order valence-electron chi connectivity index (χ4n) is 2.56. The van der Waals surface area contributed by atoms with Gasteiger partial charge >= 0.3 is 6.18 Å². The topological polar surface area (TPSA) is 45.2 Å². The SMILES string of the molecule is CC(C)(C)C(=O)N1CCC(Nc2ccc(C(F)(F)F)cn2)CC1. The van der Waals surface area contributed by atoms with Crippen LogP contribution in [0.3, 0.4) is 0 Å². The molecule has 0 unspecified atom stereocenters. The Morgan fingerprint density at radius 1 is 1.22 bits per heavy atom. The molecule has 1 amide bonds. The van der Waals surface area contributed by atoms with Crippen molar-refractivity contribution in [1.29, 1.82) is 0 Å². The summed E-state index contributed by atoms with van der Waals surface area (Å²) in [5.74, 6) is 0.558. The zero-order valence-corrected chi connectivity index (χ0v) is 13.6. The second-order valence-corrected chi connectivity index (χ2v) is 6.89. The first-order chi connectivity index (χ1) is 10.6. The molecule has 128 valence electrons. The largest absolute Gasteiger partial charge is 0.417 e. The first kappa shape index (κ1) is 17.6. The molecule has 0 aliphatic carbocycles. The first-order valence-electron chi connectivity index (χ1n) is 7.66. The summed E-state index contributed by atoms with van der Waals surface area (Å²) < 4.78 is 37.5. The van der Waals surface area contributed by atoms with Crippen LogP contribution in [0.4, 0.5) is 19.0 Å². The normalized spacial score (nSPS) is 17.2. The fraction of sp³-hybridized carbons (Fsp3) is 0.625. The number of alkyl halides is 3. The Hall–Kier alpha value is -1.79. The maximum Gasteiger partial charge on any atom is 0.417 e. The maximum absolute atomic E-state index is 12.5. The molecule has 2 rings (SSSR count). The number of carbonyl (C=O) groups is 1. The lowest BCUT2D eigenvalue weighted by atomic mass is 9.93. The van der Waals surface area contributed by atoms with E-state index in [0.717, 1.165) is 25.1 Å². The van der Waals surface area contributed by atoms with E-state index in [0.29, 0.717) is 18.9 Å². The third kappa shape index (κ3) is 4.59. The van der Waals surface area contributed by atoms with Gasteiger partial charge in [-0.3, -0.25) is 4.79 Å². The highest BCUT2D eigenvalue weighted by Crippen LogP contribution is 2.29. The zero-order valence-electron chi connectivity index (χ0n) is 13.6. The minimum Gasteiger partial charge on any atom is -0.367 e. The number of nitrogens with zero attached hydrogens (tertiary/aromatic N) is 2. The van der Waals surface area contributed by atoms with Gasteiger partial charge in [-0.25, -0.2) is 4.98 Å². The Morgan fingerprint density at radius 2 is 1.83 bits per heavy atom. The van der Waals surface area contributed by atoms with Gasteiger partial charge in [0.25, 0.3) is 0 Å². The lowest BCUT2D eigenvalue weighted by molar-refractivity contribution is -0.140. The van der Waals surface area contributed by atoms with Crippen LogP contribution in [0.2, 0.25) is 0 Å². The number of pyridine rings is 1. The molecule has 1 aromatic heterocycles. The lowest BCUT2D eigenvalue weighted by Crippen LogP contribution is -2.46. The highest BCUT2D eigenvalue weighted by Gasteiger charge is 2.32. The summed E-state index contributed by atoms with van der Waals surface area (Å²) in [7, 11) is 0. The van der Waals surface area contributed by atoms with Crippen LogP contribution < -0.4 is 5.32 Å². The number of carbonyl (C=O) groups excluding carboxylic acids is 1. The van der Waals surface area contributed by atoms with Crippen molar-refractivity contribution in [2.45, 2.75) is 45.8 Å². The average molecular weight is 329 g/mol. The van der Waals surface area contributed by atoms with Gasteiger partial charge in [-0.2, -0.15) is 13.2 Å². The van der Waals surface area contributed by atoms with Gasteiger partial charge in [0.05, 0.1) is 5.56 Å². The second-order valence-electron chi connectivity index (χ2n) is 6.89. The van der Waals surface area contributed by atoms with Gasteiger partial charge in [0.1, 0.15) is 5.82 Å². The number of hydrogen-bond donors (Lipinski definition) is 1. The summed E-state index contributed by atoms with van der Waals surface area (Å²) in [5, 5.41) is 3.14.